The van der Waals surface area contributed by atoms with Crippen LogP contribution in [0, 0.1) is 6.92 Å². The Balaban J connectivity index is 2.44. The molecule has 0 aliphatic carbocycles. The fourth-order valence-electron chi connectivity index (χ4n) is 1.42. The SMILES string of the molecule is Cc1cc(Br)c(N)cc1S(=O)(=O)Nc1cnoc1. The number of rotatable bonds is 3. The summed E-state index contributed by atoms with van der Waals surface area (Å²) in [5, 5.41) is 3.42. The van der Waals surface area contributed by atoms with Crippen molar-refractivity contribution in [3.05, 3.63) is 34.6 Å². The number of nitrogen functional groups attached to an aromatic ring is 1. The molecular weight excluding hydrogens is 322 g/mol. The molecule has 2 rings (SSSR count). The third kappa shape index (κ3) is 2.49. The summed E-state index contributed by atoms with van der Waals surface area (Å²) >= 11 is 3.24. The zero-order chi connectivity index (χ0) is 13.3. The smallest absolute Gasteiger partial charge is 0.262 e. The molecule has 0 fully saturated rings. The quantitative estimate of drug-likeness (QED) is 0.839. The molecule has 0 amide bonds. The van der Waals surface area contributed by atoms with Crippen molar-refractivity contribution in [3.8, 4) is 0 Å². The van der Waals surface area contributed by atoms with E-state index in [2.05, 4.69) is 30.3 Å². The van der Waals surface area contributed by atoms with Gasteiger partial charge in [0.15, 0.2) is 0 Å². The number of aryl methyl sites for hydroxylation is 1. The molecular formula is C10H10BrN3O3S. The zero-order valence-electron chi connectivity index (χ0n) is 9.34. The van der Waals surface area contributed by atoms with Gasteiger partial charge in [-0.1, -0.05) is 5.16 Å². The summed E-state index contributed by atoms with van der Waals surface area (Å²) in [5.41, 5.74) is 6.89. The molecule has 18 heavy (non-hydrogen) atoms. The molecule has 1 heterocycles. The standard InChI is InChI=1S/C10H10BrN3O3S/c1-6-2-8(11)9(12)3-10(6)18(15,16)14-7-4-13-17-5-7/h2-5,14H,12H2,1H3. The Labute approximate surface area is 112 Å². The van der Waals surface area contributed by atoms with E-state index in [-0.39, 0.29) is 10.6 Å². The first-order chi connectivity index (χ1) is 8.40. The van der Waals surface area contributed by atoms with Crippen LogP contribution in [-0.2, 0) is 10.0 Å². The molecule has 0 atom stereocenters. The molecule has 3 N–H and O–H groups in total. The van der Waals surface area contributed by atoms with Crippen LogP contribution in [0.4, 0.5) is 11.4 Å². The molecule has 1 aromatic carbocycles. The van der Waals surface area contributed by atoms with Gasteiger partial charge in [0.1, 0.15) is 12.0 Å². The van der Waals surface area contributed by atoms with Crippen molar-refractivity contribution in [2.45, 2.75) is 11.8 Å². The zero-order valence-corrected chi connectivity index (χ0v) is 11.7. The van der Waals surface area contributed by atoms with Crippen molar-refractivity contribution in [3.63, 3.8) is 0 Å². The van der Waals surface area contributed by atoms with E-state index in [0.29, 0.717) is 15.7 Å². The molecule has 0 aliphatic rings. The van der Waals surface area contributed by atoms with Crippen molar-refractivity contribution in [2.75, 3.05) is 10.5 Å². The third-order valence-electron chi connectivity index (χ3n) is 2.27. The van der Waals surface area contributed by atoms with E-state index in [0.717, 1.165) is 0 Å². The number of hydrogen-bond acceptors (Lipinski definition) is 5. The van der Waals surface area contributed by atoms with Crippen LogP contribution < -0.4 is 10.5 Å². The fourth-order valence-corrected chi connectivity index (χ4v) is 3.17. The van der Waals surface area contributed by atoms with Gasteiger partial charge < -0.3 is 10.3 Å². The average Bonchev–Trinajstić information content (AvgIpc) is 2.75. The molecule has 0 aliphatic heterocycles. The van der Waals surface area contributed by atoms with Crippen LogP contribution in [0.3, 0.4) is 0 Å². The highest BCUT2D eigenvalue weighted by atomic mass is 79.9. The van der Waals surface area contributed by atoms with Crippen LogP contribution in [0.2, 0.25) is 0 Å². The Kier molecular flexibility index (Phi) is 3.31. The van der Waals surface area contributed by atoms with Crippen LogP contribution in [-0.4, -0.2) is 13.6 Å². The normalized spacial score (nSPS) is 11.4. The molecule has 0 spiro atoms. The highest BCUT2D eigenvalue weighted by molar-refractivity contribution is 9.10. The van der Waals surface area contributed by atoms with Crippen LogP contribution in [0.15, 0.2) is 38.5 Å². The predicted molar refractivity (Wildman–Crippen MR) is 70.6 cm³/mol. The summed E-state index contributed by atoms with van der Waals surface area (Å²) in [6.45, 7) is 1.69. The maximum atomic E-state index is 12.1. The summed E-state index contributed by atoms with van der Waals surface area (Å²) in [4.78, 5) is 0.115. The van der Waals surface area contributed by atoms with Crippen LogP contribution in [0.5, 0.6) is 0 Å². The van der Waals surface area contributed by atoms with Crippen molar-refractivity contribution in [2.24, 2.45) is 0 Å². The molecule has 1 aromatic heterocycles. The van der Waals surface area contributed by atoms with Gasteiger partial charge in [-0.15, -0.1) is 0 Å². The Bertz CT molecular complexity index is 668. The molecule has 0 radical (unpaired) electrons. The number of nitrogens with one attached hydrogen (secondary N) is 1. The number of aromatic nitrogens is 1. The van der Waals surface area contributed by atoms with Crippen molar-refractivity contribution >= 4 is 37.3 Å². The van der Waals surface area contributed by atoms with Crippen molar-refractivity contribution in [1.29, 1.82) is 0 Å². The minimum atomic E-state index is -3.70. The Hall–Kier alpha value is -1.54. The van der Waals surface area contributed by atoms with Gasteiger partial charge in [0.05, 0.1) is 11.1 Å². The van der Waals surface area contributed by atoms with E-state index in [1.54, 1.807) is 13.0 Å². The summed E-state index contributed by atoms with van der Waals surface area (Å²) < 4.78 is 31.8. The van der Waals surface area contributed by atoms with Gasteiger partial charge in [-0.2, -0.15) is 0 Å². The first-order valence-electron chi connectivity index (χ1n) is 4.88. The highest BCUT2D eigenvalue weighted by Gasteiger charge is 2.19. The molecule has 0 saturated heterocycles. The molecule has 0 unspecified atom stereocenters. The monoisotopic (exact) mass is 331 g/mol. The van der Waals surface area contributed by atoms with E-state index in [1.807, 2.05) is 0 Å². The maximum Gasteiger partial charge on any atom is 0.262 e. The van der Waals surface area contributed by atoms with Gasteiger partial charge in [-0.3, -0.25) is 4.72 Å². The summed E-state index contributed by atoms with van der Waals surface area (Å²) in [7, 11) is -3.70. The fraction of sp³-hybridized carbons (Fsp3) is 0.100. The van der Waals surface area contributed by atoms with Gasteiger partial charge in [-0.25, -0.2) is 8.42 Å². The lowest BCUT2D eigenvalue weighted by Gasteiger charge is -2.10. The van der Waals surface area contributed by atoms with E-state index < -0.39 is 10.0 Å². The van der Waals surface area contributed by atoms with Crippen LogP contribution >= 0.6 is 15.9 Å². The molecule has 0 bridgehead atoms. The summed E-state index contributed by atoms with van der Waals surface area (Å²) in [5.74, 6) is 0. The van der Waals surface area contributed by atoms with Crippen LogP contribution in [0.1, 0.15) is 5.56 Å². The van der Waals surface area contributed by atoms with E-state index in [4.69, 9.17) is 5.73 Å². The highest BCUT2D eigenvalue weighted by Crippen LogP contribution is 2.27. The second-order valence-electron chi connectivity index (χ2n) is 3.66. The van der Waals surface area contributed by atoms with Gasteiger partial charge in [-0.05, 0) is 40.5 Å². The minimum Gasteiger partial charge on any atom is -0.398 e. The lowest BCUT2D eigenvalue weighted by molar-refractivity contribution is 0.420. The predicted octanol–water partition coefficient (Wildman–Crippen LogP) is 2.13. The van der Waals surface area contributed by atoms with Crippen molar-refractivity contribution in [1.82, 2.24) is 5.16 Å². The topological polar surface area (TPSA) is 98.2 Å². The average molecular weight is 332 g/mol. The van der Waals surface area contributed by atoms with Crippen molar-refractivity contribution < 1.29 is 12.9 Å². The molecule has 6 nitrogen and oxygen atoms in total. The lowest BCUT2D eigenvalue weighted by atomic mass is 10.2. The number of sulfonamides is 1. The maximum absolute atomic E-state index is 12.1. The molecule has 0 saturated carbocycles. The van der Waals surface area contributed by atoms with Crippen LogP contribution in [0.25, 0.3) is 0 Å². The minimum absolute atomic E-state index is 0.115. The third-order valence-corrected chi connectivity index (χ3v) is 4.48. The molecule has 8 heteroatoms. The number of nitrogens with zero attached hydrogens (tertiary/aromatic N) is 1. The van der Waals surface area contributed by atoms with Gasteiger partial charge in [0.25, 0.3) is 10.0 Å². The van der Waals surface area contributed by atoms with E-state index >= 15 is 0 Å². The summed E-state index contributed by atoms with van der Waals surface area (Å²) in [6, 6.07) is 3.05. The molecule has 2 aromatic rings. The van der Waals surface area contributed by atoms with E-state index in [1.165, 1.54) is 18.5 Å². The first-order valence-corrected chi connectivity index (χ1v) is 7.15. The van der Waals surface area contributed by atoms with Gasteiger partial charge in [0.2, 0.25) is 0 Å². The van der Waals surface area contributed by atoms with Gasteiger partial charge in [0, 0.05) is 10.2 Å². The second-order valence-corrected chi connectivity index (χ2v) is 6.16. The van der Waals surface area contributed by atoms with Gasteiger partial charge >= 0.3 is 0 Å². The van der Waals surface area contributed by atoms with E-state index in [9.17, 15) is 8.42 Å². The Morgan fingerprint density at radius 1 is 1.44 bits per heavy atom. The number of anilines is 2. The lowest BCUT2D eigenvalue weighted by Crippen LogP contribution is -2.14. The molecule has 96 valence electrons. The largest absolute Gasteiger partial charge is 0.398 e. The number of benzene rings is 1. The number of halogens is 1. The Morgan fingerprint density at radius 3 is 2.78 bits per heavy atom. The number of nitrogens with two attached hydrogens (primary N) is 1. The first kappa shape index (κ1) is 12.9. The Morgan fingerprint density at radius 2 is 2.17 bits per heavy atom. The number of hydrogen-bond donors (Lipinski definition) is 2. The second kappa shape index (κ2) is 4.62. The summed E-state index contributed by atoms with van der Waals surface area (Å²) in [6.07, 6.45) is 2.48.